The maximum absolute atomic E-state index is 12.4. The second-order valence-electron chi connectivity index (χ2n) is 4.26. The number of nitrogens with zero attached hydrogens (tertiary/aromatic N) is 4. The van der Waals surface area contributed by atoms with Gasteiger partial charge in [-0.15, -0.1) is 10.2 Å². The van der Waals surface area contributed by atoms with Crippen molar-refractivity contribution in [3.05, 3.63) is 5.01 Å². The molecule has 1 aliphatic heterocycles. The highest BCUT2D eigenvalue weighted by atomic mass is 32.1. The molecular formula is C10H12F3N5S. The van der Waals surface area contributed by atoms with Crippen LogP contribution in [0.25, 0.3) is 0 Å². The standard InChI is InChI=1S/C10H12F3N5S/c11-10(12,13)8-16-17-9(19-8)15-7-1-4-18(5-2-7)6-3-14/h7H,1-2,4-6H2,(H,15,17). The van der Waals surface area contributed by atoms with Crippen LogP contribution in [0, 0.1) is 11.3 Å². The molecule has 1 aromatic rings. The van der Waals surface area contributed by atoms with Gasteiger partial charge in [0.2, 0.25) is 10.1 Å². The minimum absolute atomic E-state index is 0.0870. The first-order chi connectivity index (χ1) is 8.99. The fraction of sp³-hybridized carbons (Fsp3) is 0.700. The normalized spacial score (nSPS) is 18.2. The predicted octanol–water partition coefficient (Wildman–Crippen LogP) is 1.96. The fourth-order valence-corrected chi connectivity index (χ4v) is 2.59. The van der Waals surface area contributed by atoms with Crippen LogP contribution in [0.2, 0.25) is 0 Å². The van der Waals surface area contributed by atoms with Crippen LogP contribution in [-0.4, -0.2) is 40.8 Å². The van der Waals surface area contributed by atoms with Gasteiger partial charge in [0.1, 0.15) is 0 Å². The zero-order valence-corrected chi connectivity index (χ0v) is 10.8. The summed E-state index contributed by atoms with van der Waals surface area (Å²) >= 11 is 0.520. The van der Waals surface area contributed by atoms with E-state index in [0.717, 1.165) is 25.9 Å². The molecule has 1 aliphatic rings. The second-order valence-corrected chi connectivity index (χ2v) is 5.24. The average molecular weight is 291 g/mol. The van der Waals surface area contributed by atoms with E-state index in [1.54, 1.807) is 0 Å². The number of hydrogen-bond acceptors (Lipinski definition) is 6. The van der Waals surface area contributed by atoms with Crippen molar-refractivity contribution in [3.63, 3.8) is 0 Å². The Bertz CT molecular complexity index is 458. The summed E-state index contributed by atoms with van der Waals surface area (Å²) in [5, 5.41) is 17.4. The molecule has 0 aliphatic carbocycles. The molecule has 0 saturated carbocycles. The van der Waals surface area contributed by atoms with E-state index < -0.39 is 11.2 Å². The van der Waals surface area contributed by atoms with E-state index in [2.05, 4.69) is 21.6 Å². The van der Waals surface area contributed by atoms with E-state index in [1.807, 2.05) is 4.90 Å². The summed E-state index contributed by atoms with van der Waals surface area (Å²) < 4.78 is 37.1. The van der Waals surface area contributed by atoms with Crippen molar-refractivity contribution < 1.29 is 13.2 Å². The average Bonchev–Trinajstić information content (AvgIpc) is 2.80. The molecule has 2 heterocycles. The molecule has 5 nitrogen and oxygen atoms in total. The summed E-state index contributed by atoms with van der Waals surface area (Å²) in [5.41, 5.74) is 0. The molecule has 1 fully saturated rings. The minimum atomic E-state index is -4.44. The zero-order chi connectivity index (χ0) is 13.9. The molecule has 0 amide bonds. The fourth-order valence-electron chi connectivity index (χ4n) is 1.91. The lowest BCUT2D eigenvalue weighted by molar-refractivity contribution is -0.138. The smallest absolute Gasteiger partial charge is 0.357 e. The van der Waals surface area contributed by atoms with E-state index in [1.165, 1.54) is 0 Å². The van der Waals surface area contributed by atoms with Gasteiger partial charge in [0.15, 0.2) is 0 Å². The molecule has 0 bridgehead atoms. The first kappa shape index (κ1) is 14.0. The van der Waals surface area contributed by atoms with Crippen LogP contribution >= 0.6 is 11.3 Å². The predicted molar refractivity (Wildman–Crippen MR) is 63.6 cm³/mol. The van der Waals surface area contributed by atoms with E-state index >= 15 is 0 Å². The van der Waals surface area contributed by atoms with Gasteiger partial charge >= 0.3 is 6.18 Å². The van der Waals surface area contributed by atoms with Crippen LogP contribution in [0.1, 0.15) is 17.8 Å². The monoisotopic (exact) mass is 291 g/mol. The van der Waals surface area contributed by atoms with E-state index in [4.69, 9.17) is 5.26 Å². The number of nitriles is 1. The molecule has 19 heavy (non-hydrogen) atoms. The minimum Gasteiger partial charge on any atom is -0.357 e. The Morgan fingerprint density at radius 3 is 2.58 bits per heavy atom. The van der Waals surface area contributed by atoms with Crippen LogP contribution in [0.15, 0.2) is 0 Å². The maximum Gasteiger partial charge on any atom is 0.445 e. The molecule has 0 unspecified atom stereocenters. The van der Waals surface area contributed by atoms with Crippen molar-refractivity contribution in [2.45, 2.75) is 25.1 Å². The highest BCUT2D eigenvalue weighted by molar-refractivity contribution is 7.15. The highest BCUT2D eigenvalue weighted by Gasteiger charge is 2.35. The van der Waals surface area contributed by atoms with Gasteiger partial charge in [-0.25, -0.2) is 0 Å². The van der Waals surface area contributed by atoms with Gasteiger partial charge < -0.3 is 5.32 Å². The Kier molecular flexibility index (Phi) is 4.21. The SMILES string of the molecule is N#CCN1CCC(Nc2nnc(C(F)(F)F)s2)CC1. The van der Waals surface area contributed by atoms with Crippen LogP contribution in [0.3, 0.4) is 0 Å². The Morgan fingerprint density at radius 1 is 1.37 bits per heavy atom. The Hall–Kier alpha value is -1.40. The summed E-state index contributed by atoms with van der Waals surface area (Å²) in [6.07, 6.45) is -2.88. The molecule has 0 atom stereocenters. The van der Waals surface area contributed by atoms with Gasteiger partial charge in [-0.2, -0.15) is 18.4 Å². The second kappa shape index (κ2) is 5.71. The lowest BCUT2D eigenvalue weighted by atomic mass is 10.1. The zero-order valence-electron chi connectivity index (χ0n) is 9.94. The molecule has 1 aromatic heterocycles. The Morgan fingerprint density at radius 2 is 2.05 bits per heavy atom. The van der Waals surface area contributed by atoms with Gasteiger partial charge in [0.05, 0.1) is 12.6 Å². The molecule has 1 N–H and O–H groups in total. The molecular weight excluding hydrogens is 279 g/mol. The molecule has 0 radical (unpaired) electrons. The van der Waals surface area contributed by atoms with E-state index in [9.17, 15) is 13.2 Å². The summed E-state index contributed by atoms with van der Waals surface area (Å²) in [5.74, 6) is 0. The number of nitrogens with one attached hydrogen (secondary N) is 1. The molecule has 2 rings (SSSR count). The summed E-state index contributed by atoms with van der Waals surface area (Å²) in [7, 11) is 0. The van der Waals surface area contributed by atoms with Crippen LogP contribution in [-0.2, 0) is 6.18 Å². The number of halogens is 3. The Balaban J connectivity index is 1.86. The third-order valence-electron chi connectivity index (χ3n) is 2.88. The Labute approximate surface area is 112 Å². The van der Waals surface area contributed by atoms with Gasteiger partial charge in [-0.3, -0.25) is 4.90 Å². The van der Waals surface area contributed by atoms with Gasteiger partial charge in [-0.1, -0.05) is 11.3 Å². The lowest BCUT2D eigenvalue weighted by Crippen LogP contribution is -2.39. The first-order valence-corrected chi connectivity index (χ1v) is 6.57. The van der Waals surface area contributed by atoms with Crippen LogP contribution in [0.5, 0.6) is 0 Å². The van der Waals surface area contributed by atoms with Crippen LogP contribution in [0.4, 0.5) is 18.3 Å². The first-order valence-electron chi connectivity index (χ1n) is 5.75. The van der Waals surface area contributed by atoms with Crippen molar-refractivity contribution in [2.24, 2.45) is 0 Å². The van der Waals surface area contributed by atoms with Crippen LogP contribution < -0.4 is 5.32 Å². The molecule has 0 spiro atoms. The number of alkyl halides is 3. The van der Waals surface area contributed by atoms with Crippen molar-refractivity contribution >= 4 is 16.5 Å². The molecule has 0 aromatic carbocycles. The number of anilines is 1. The van der Waals surface area contributed by atoms with Crippen molar-refractivity contribution in [3.8, 4) is 6.07 Å². The van der Waals surface area contributed by atoms with Gasteiger partial charge in [-0.05, 0) is 12.8 Å². The molecule has 9 heteroatoms. The van der Waals surface area contributed by atoms with E-state index in [-0.39, 0.29) is 11.2 Å². The summed E-state index contributed by atoms with van der Waals surface area (Å²) in [4.78, 5) is 2.01. The largest absolute Gasteiger partial charge is 0.445 e. The number of piperidine rings is 1. The molecule has 1 saturated heterocycles. The lowest BCUT2D eigenvalue weighted by Gasteiger charge is -2.30. The highest BCUT2D eigenvalue weighted by Crippen LogP contribution is 2.33. The number of hydrogen-bond donors (Lipinski definition) is 1. The van der Waals surface area contributed by atoms with Crippen molar-refractivity contribution in [2.75, 3.05) is 25.0 Å². The maximum atomic E-state index is 12.4. The van der Waals surface area contributed by atoms with Crippen molar-refractivity contribution in [1.29, 1.82) is 5.26 Å². The van der Waals surface area contributed by atoms with Gasteiger partial charge in [0, 0.05) is 19.1 Å². The number of aromatic nitrogens is 2. The third kappa shape index (κ3) is 3.78. The number of rotatable bonds is 3. The molecule has 104 valence electrons. The number of likely N-dealkylation sites (tertiary alicyclic amines) is 1. The van der Waals surface area contributed by atoms with Gasteiger partial charge in [0.25, 0.3) is 0 Å². The summed E-state index contributed by atoms with van der Waals surface area (Å²) in [6.45, 7) is 1.91. The topological polar surface area (TPSA) is 64.8 Å². The van der Waals surface area contributed by atoms with E-state index in [0.29, 0.717) is 17.9 Å². The quantitative estimate of drug-likeness (QED) is 0.862. The van der Waals surface area contributed by atoms with Crippen molar-refractivity contribution in [1.82, 2.24) is 15.1 Å². The summed E-state index contributed by atoms with van der Waals surface area (Å²) in [6, 6.07) is 2.17. The third-order valence-corrected chi connectivity index (χ3v) is 3.78.